The molecule has 0 unspecified atom stereocenters. The van der Waals surface area contributed by atoms with Crippen LogP contribution in [0.15, 0.2) is 35.6 Å². The molecule has 0 amide bonds. The second kappa shape index (κ2) is 4.82. The van der Waals surface area contributed by atoms with E-state index in [1.54, 1.807) is 13.2 Å². The zero-order valence-corrected chi connectivity index (χ0v) is 10.3. The van der Waals surface area contributed by atoms with Crippen LogP contribution in [0, 0.1) is 6.92 Å². The maximum absolute atomic E-state index is 4.37. The van der Waals surface area contributed by atoms with E-state index in [1.165, 1.54) is 5.56 Å². The summed E-state index contributed by atoms with van der Waals surface area (Å²) in [5, 5.41) is 9.92. The van der Waals surface area contributed by atoms with Crippen molar-refractivity contribution in [1.29, 1.82) is 0 Å². The normalized spacial score (nSPS) is 11.6. The Morgan fingerprint density at radius 2 is 2.24 bits per heavy atom. The first-order valence-corrected chi connectivity index (χ1v) is 5.51. The molecule has 2 N–H and O–H groups in total. The van der Waals surface area contributed by atoms with Crippen molar-refractivity contribution < 1.29 is 0 Å². The van der Waals surface area contributed by atoms with Crippen LogP contribution in [0.1, 0.15) is 16.7 Å². The van der Waals surface area contributed by atoms with E-state index in [1.807, 2.05) is 13.2 Å². The molecular weight excluding hydrogens is 212 g/mol. The summed E-state index contributed by atoms with van der Waals surface area (Å²) in [5.74, 6) is 0. The minimum absolute atomic E-state index is 0.952. The van der Waals surface area contributed by atoms with Crippen molar-refractivity contribution in [2.45, 2.75) is 6.92 Å². The van der Waals surface area contributed by atoms with Gasteiger partial charge in [0, 0.05) is 37.1 Å². The Kier molecular flexibility index (Phi) is 3.23. The Hall–Kier alpha value is -2.10. The number of hydrogen-bond acceptors (Lipinski definition) is 3. The molecule has 88 valence electrons. The molecule has 4 heteroatoms. The first kappa shape index (κ1) is 11.4. The molecular formula is C13H16N4. The largest absolute Gasteiger partial charge is 0.388 e. The number of aliphatic imine (C=N–C) groups is 1. The van der Waals surface area contributed by atoms with Crippen molar-refractivity contribution >= 4 is 11.4 Å². The third-order valence-electron chi connectivity index (χ3n) is 2.78. The van der Waals surface area contributed by atoms with E-state index >= 15 is 0 Å². The molecule has 17 heavy (non-hydrogen) atoms. The summed E-state index contributed by atoms with van der Waals surface area (Å²) in [7, 11) is 3.71. The Bertz CT molecular complexity index is 526. The lowest BCUT2D eigenvalue weighted by molar-refractivity contribution is 1.09. The molecule has 0 saturated carbocycles. The number of rotatable bonds is 3. The molecule has 1 heterocycles. The minimum atomic E-state index is 0.952. The fraction of sp³-hybridized carbons (Fsp3) is 0.231. The van der Waals surface area contributed by atoms with Gasteiger partial charge >= 0.3 is 0 Å². The van der Waals surface area contributed by atoms with Crippen LogP contribution in [0.25, 0.3) is 0 Å². The van der Waals surface area contributed by atoms with Crippen LogP contribution in [-0.4, -0.2) is 30.0 Å². The van der Waals surface area contributed by atoms with Crippen molar-refractivity contribution in [2.24, 2.45) is 4.99 Å². The lowest BCUT2D eigenvalue weighted by Crippen LogP contribution is -2.05. The number of hydrogen-bond donors (Lipinski definition) is 2. The second-order valence-corrected chi connectivity index (χ2v) is 3.84. The van der Waals surface area contributed by atoms with Gasteiger partial charge in [0.05, 0.1) is 11.9 Å². The van der Waals surface area contributed by atoms with Gasteiger partial charge < -0.3 is 5.32 Å². The number of benzene rings is 1. The van der Waals surface area contributed by atoms with Crippen LogP contribution >= 0.6 is 0 Å². The molecule has 0 bridgehead atoms. The van der Waals surface area contributed by atoms with Crippen LogP contribution in [0.4, 0.5) is 5.69 Å². The molecule has 2 rings (SSSR count). The summed E-state index contributed by atoms with van der Waals surface area (Å²) in [6.45, 7) is 2.08. The number of nitrogens with one attached hydrogen (secondary N) is 2. The number of nitrogens with zero attached hydrogens (tertiary/aromatic N) is 2. The van der Waals surface area contributed by atoms with Gasteiger partial charge in [0.25, 0.3) is 0 Å². The molecule has 0 fully saturated rings. The molecule has 0 aliphatic rings. The van der Waals surface area contributed by atoms with E-state index in [9.17, 15) is 0 Å². The summed E-state index contributed by atoms with van der Waals surface area (Å²) in [6, 6.07) is 6.25. The van der Waals surface area contributed by atoms with Crippen LogP contribution in [0.2, 0.25) is 0 Å². The van der Waals surface area contributed by atoms with E-state index in [-0.39, 0.29) is 0 Å². The third-order valence-corrected chi connectivity index (χ3v) is 2.78. The van der Waals surface area contributed by atoms with Crippen molar-refractivity contribution in [2.75, 3.05) is 19.4 Å². The number of H-pyrrole nitrogens is 1. The molecule has 0 radical (unpaired) electrons. The molecule has 0 saturated heterocycles. The Labute approximate surface area is 101 Å². The van der Waals surface area contributed by atoms with Crippen molar-refractivity contribution in [3.8, 4) is 0 Å². The van der Waals surface area contributed by atoms with Gasteiger partial charge in [-0.3, -0.25) is 10.1 Å². The van der Waals surface area contributed by atoms with Crippen LogP contribution < -0.4 is 5.32 Å². The molecule has 0 aliphatic carbocycles. The zero-order valence-electron chi connectivity index (χ0n) is 10.3. The van der Waals surface area contributed by atoms with Gasteiger partial charge in [-0.2, -0.15) is 5.10 Å². The quantitative estimate of drug-likeness (QED) is 0.791. The van der Waals surface area contributed by atoms with Gasteiger partial charge in [0.1, 0.15) is 0 Å². The first-order valence-electron chi connectivity index (χ1n) is 5.51. The highest BCUT2D eigenvalue weighted by atomic mass is 15.1. The Morgan fingerprint density at radius 3 is 2.82 bits per heavy atom. The summed E-state index contributed by atoms with van der Waals surface area (Å²) in [6.07, 6.45) is 3.64. The average molecular weight is 228 g/mol. The van der Waals surface area contributed by atoms with Gasteiger partial charge in [0.15, 0.2) is 0 Å². The predicted molar refractivity (Wildman–Crippen MR) is 70.9 cm³/mol. The predicted octanol–water partition coefficient (Wildman–Crippen LogP) is 2.23. The molecule has 0 aliphatic heterocycles. The van der Waals surface area contributed by atoms with Crippen LogP contribution in [0.5, 0.6) is 0 Å². The fourth-order valence-corrected chi connectivity index (χ4v) is 1.82. The second-order valence-electron chi connectivity index (χ2n) is 3.84. The molecule has 4 nitrogen and oxygen atoms in total. The number of aromatic amines is 1. The first-order chi connectivity index (χ1) is 8.26. The van der Waals surface area contributed by atoms with Gasteiger partial charge in [-0.05, 0) is 24.6 Å². The molecule has 0 atom stereocenters. The van der Waals surface area contributed by atoms with Gasteiger partial charge in [-0.15, -0.1) is 0 Å². The SMILES string of the molecule is CN=C(c1cn[nH]c1)c1cc(NC)ccc1C. The van der Waals surface area contributed by atoms with E-state index in [2.05, 4.69) is 45.6 Å². The van der Waals surface area contributed by atoms with E-state index < -0.39 is 0 Å². The van der Waals surface area contributed by atoms with Gasteiger partial charge in [0.2, 0.25) is 0 Å². The third kappa shape index (κ3) is 2.20. The van der Waals surface area contributed by atoms with Crippen LogP contribution in [-0.2, 0) is 0 Å². The standard InChI is InChI=1S/C13H16N4/c1-9-4-5-11(14-2)6-12(9)13(15-3)10-7-16-17-8-10/h4-8,14H,1-3H3,(H,16,17). The molecule has 1 aromatic carbocycles. The average Bonchev–Trinajstić information content (AvgIpc) is 2.86. The van der Waals surface area contributed by atoms with Crippen molar-refractivity contribution in [3.05, 3.63) is 47.3 Å². The monoisotopic (exact) mass is 228 g/mol. The maximum atomic E-state index is 4.37. The Balaban J connectivity index is 2.52. The summed E-state index contributed by atoms with van der Waals surface area (Å²) in [4.78, 5) is 4.37. The number of anilines is 1. The smallest absolute Gasteiger partial charge is 0.0750 e. The Morgan fingerprint density at radius 1 is 1.41 bits per heavy atom. The van der Waals surface area contributed by atoms with Gasteiger partial charge in [-0.1, -0.05) is 6.07 Å². The minimum Gasteiger partial charge on any atom is -0.388 e. The van der Waals surface area contributed by atoms with Crippen molar-refractivity contribution in [1.82, 2.24) is 10.2 Å². The molecule has 0 spiro atoms. The van der Waals surface area contributed by atoms with Gasteiger partial charge in [-0.25, -0.2) is 0 Å². The van der Waals surface area contributed by atoms with E-state index in [0.29, 0.717) is 0 Å². The van der Waals surface area contributed by atoms with Crippen molar-refractivity contribution in [3.63, 3.8) is 0 Å². The fourth-order valence-electron chi connectivity index (χ4n) is 1.82. The van der Waals surface area contributed by atoms with Crippen LogP contribution in [0.3, 0.4) is 0 Å². The highest BCUT2D eigenvalue weighted by Crippen LogP contribution is 2.18. The zero-order chi connectivity index (χ0) is 12.3. The summed E-state index contributed by atoms with van der Waals surface area (Å²) < 4.78 is 0. The maximum Gasteiger partial charge on any atom is 0.0750 e. The topological polar surface area (TPSA) is 53.1 Å². The lowest BCUT2D eigenvalue weighted by atomic mass is 9.99. The van der Waals surface area contributed by atoms with E-state index in [4.69, 9.17) is 0 Å². The number of aromatic nitrogens is 2. The highest BCUT2D eigenvalue weighted by molar-refractivity contribution is 6.13. The lowest BCUT2D eigenvalue weighted by Gasteiger charge is -2.10. The molecule has 2 aromatic rings. The highest BCUT2D eigenvalue weighted by Gasteiger charge is 2.10. The summed E-state index contributed by atoms with van der Waals surface area (Å²) >= 11 is 0. The molecule has 1 aromatic heterocycles. The number of aryl methyl sites for hydroxylation is 1. The summed E-state index contributed by atoms with van der Waals surface area (Å²) in [5.41, 5.74) is 5.36. The van der Waals surface area contributed by atoms with E-state index in [0.717, 1.165) is 22.5 Å².